The van der Waals surface area contributed by atoms with Gasteiger partial charge in [-0.25, -0.2) is 5.10 Å². The molecule has 0 saturated heterocycles. The monoisotopic (exact) mass is 425 g/mol. The lowest BCUT2D eigenvalue weighted by molar-refractivity contribution is 0.102. The zero-order valence-corrected chi connectivity index (χ0v) is 17.6. The van der Waals surface area contributed by atoms with Gasteiger partial charge in [0.2, 0.25) is 5.95 Å². The minimum atomic E-state index is -0.233. The van der Waals surface area contributed by atoms with Crippen LogP contribution >= 0.6 is 23.1 Å². The molecule has 0 bridgehead atoms. The summed E-state index contributed by atoms with van der Waals surface area (Å²) >= 11 is 3.14. The second kappa shape index (κ2) is 8.62. The number of anilines is 1. The number of fused-ring (bicyclic) bond motifs is 1. The van der Waals surface area contributed by atoms with E-state index in [-0.39, 0.29) is 11.9 Å². The highest BCUT2D eigenvalue weighted by atomic mass is 32.2. The predicted molar refractivity (Wildman–Crippen MR) is 116 cm³/mol. The van der Waals surface area contributed by atoms with E-state index in [9.17, 15) is 4.79 Å². The normalized spacial score (nSPS) is 11.0. The zero-order chi connectivity index (χ0) is 20.2. The number of H-pyrrole nitrogens is 1. The molecule has 0 radical (unpaired) electrons. The van der Waals surface area contributed by atoms with Crippen molar-refractivity contribution in [2.24, 2.45) is 0 Å². The van der Waals surface area contributed by atoms with Crippen LogP contribution < -0.4 is 10.1 Å². The van der Waals surface area contributed by atoms with Crippen LogP contribution in [0, 0.1) is 6.92 Å². The van der Waals surface area contributed by atoms with Gasteiger partial charge >= 0.3 is 0 Å². The second-order valence-corrected chi connectivity index (χ2v) is 8.52. The Morgan fingerprint density at radius 2 is 2.10 bits per heavy atom. The van der Waals surface area contributed by atoms with E-state index >= 15 is 0 Å². The summed E-state index contributed by atoms with van der Waals surface area (Å²) in [6.07, 6.45) is 0.916. The van der Waals surface area contributed by atoms with Gasteiger partial charge in [0.05, 0.1) is 7.11 Å². The molecule has 148 valence electrons. The van der Waals surface area contributed by atoms with Crippen molar-refractivity contribution in [3.8, 4) is 5.75 Å². The van der Waals surface area contributed by atoms with E-state index in [0.717, 1.165) is 38.5 Å². The van der Waals surface area contributed by atoms with Crippen LogP contribution in [0.15, 0.2) is 47.4 Å². The lowest BCUT2D eigenvalue weighted by Crippen LogP contribution is -2.12. The first-order valence-corrected chi connectivity index (χ1v) is 10.8. The third kappa shape index (κ3) is 4.25. The summed E-state index contributed by atoms with van der Waals surface area (Å²) in [6.45, 7) is 2.00. The first kappa shape index (κ1) is 19.4. The summed E-state index contributed by atoms with van der Waals surface area (Å²) in [7, 11) is 1.66. The molecule has 0 unspecified atom stereocenters. The van der Waals surface area contributed by atoms with Crippen molar-refractivity contribution in [1.29, 1.82) is 0 Å². The van der Waals surface area contributed by atoms with Crippen LogP contribution in [0.1, 0.15) is 20.8 Å². The predicted octanol–water partition coefficient (Wildman–Crippen LogP) is 4.32. The van der Waals surface area contributed by atoms with E-state index in [1.807, 2.05) is 31.2 Å². The molecule has 4 aromatic rings. The fourth-order valence-electron chi connectivity index (χ4n) is 3.01. The molecule has 0 spiro atoms. The molecule has 0 saturated carbocycles. The van der Waals surface area contributed by atoms with Gasteiger partial charge in [0.15, 0.2) is 0 Å². The molecule has 7 nitrogen and oxygen atoms in total. The number of ether oxygens (including phenoxy) is 1. The molecule has 0 aliphatic rings. The van der Waals surface area contributed by atoms with E-state index in [2.05, 4.69) is 44.1 Å². The van der Waals surface area contributed by atoms with Crippen LogP contribution in [0.25, 0.3) is 10.1 Å². The molecule has 29 heavy (non-hydrogen) atoms. The van der Waals surface area contributed by atoms with Crippen molar-refractivity contribution in [2.75, 3.05) is 18.2 Å². The number of thiophene rings is 1. The quantitative estimate of drug-likeness (QED) is 0.429. The number of hydrogen-bond acceptors (Lipinski definition) is 7. The Morgan fingerprint density at radius 3 is 2.83 bits per heavy atom. The molecule has 2 aromatic carbocycles. The smallest absolute Gasteiger partial charge is 0.269 e. The fourth-order valence-corrected chi connectivity index (χ4v) is 5.54. The highest BCUT2D eigenvalue weighted by Crippen LogP contribution is 2.41. The highest BCUT2D eigenvalue weighted by Gasteiger charge is 2.21. The van der Waals surface area contributed by atoms with Gasteiger partial charge < -0.3 is 4.74 Å². The molecule has 0 aliphatic carbocycles. The summed E-state index contributed by atoms with van der Waals surface area (Å²) in [5.41, 5.74) is 2.31. The second-order valence-electron chi connectivity index (χ2n) is 6.37. The van der Waals surface area contributed by atoms with Gasteiger partial charge in [-0.15, -0.1) is 23.1 Å². The zero-order valence-electron chi connectivity index (χ0n) is 15.9. The fraction of sp³-hybridized carbons (Fsp3) is 0.200. The SMILES string of the molecule is COc1cc2c(SCCc3ccccc3)c(C(=O)Nc3nnn[nH]3)sc2cc1C. The van der Waals surface area contributed by atoms with Crippen LogP contribution in [0.4, 0.5) is 5.95 Å². The maximum absolute atomic E-state index is 12.9. The molecule has 4 rings (SSSR count). The van der Waals surface area contributed by atoms with Crippen molar-refractivity contribution in [2.45, 2.75) is 18.2 Å². The van der Waals surface area contributed by atoms with Crippen LogP contribution in [-0.4, -0.2) is 39.4 Å². The summed E-state index contributed by atoms with van der Waals surface area (Å²) in [4.78, 5) is 14.5. The Balaban J connectivity index is 1.66. The number of hydrogen-bond donors (Lipinski definition) is 2. The molecule has 9 heteroatoms. The largest absolute Gasteiger partial charge is 0.496 e. The average molecular weight is 426 g/mol. The van der Waals surface area contributed by atoms with Gasteiger partial charge in [-0.3, -0.25) is 10.1 Å². The number of rotatable bonds is 7. The number of aryl methyl sites for hydroxylation is 2. The number of nitrogens with zero attached hydrogens (tertiary/aromatic N) is 3. The van der Waals surface area contributed by atoms with Crippen molar-refractivity contribution in [1.82, 2.24) is 20.6 Å². The van der Waals surface area contributed by atoms with Gasteiger partial charge in [0, 0.05) is 20.7 Å². The number of methoxy groups -OCH3 is 1. The summed E-state index contributed by atoms with van der Waals surface area (Å²) in [6, 6.07) is 14.4. The lowest BCUT2D eigenvalue weighted by Gasteiger charge is -2.07. The van der Waals surface area contributed by atoms with E-state index < -0.39 is 0 Å². The van der Waals surface area contributed by atoms with Gasteiger partial charge in [-0.1, -0.05) is 35.4 Å². The highest BCUT2D eigenvalue weighted by molar-refractivity contribution is 7.99. The van der Waals surface area contributed by atoms with Crippen molar-refractivity contribution in [3.63, 3.8) is 0 Å². The first-order valence-electron chi connectivity index (χ1n) is 8.98. The first-order chi connectivity index (χ1) is 14.2. The standard InChI is InChI=1S/C20H19N5O2S2/c1-12-10-16-14(11-15(12)27-2)17(28-9-8-13-6-4-3-5-7-13)18(29-16)19(26)21-20-22-24-25-23-20/h3-7,10-11H,8-9H2,1-2H3,(H2,21,22,23,24,25,26). The Kier molecular flexibility index (Phi) is 5.77. The van der Waals surface area contributed by atoms with Crippen LogP contribution in [0.3, 0.4) is 0 Å². The van der Waals surface area contributed by atoms with Crippen molar-refractivity contribution < 1.29 is 9.53 Å². The topological polar surface area (TPSA) is 92.8 Å². The molecular formula is C20H19N5O2S2. The van der Waals surface area contributed by atoms with Crippen LogP contribution in [0.2, 0.25) is 0 Å². The minimum absolute atomic E-state index is 0.224. The molecule has 0 fully saturated rings. The van der Waals surface area contributed by atoms with Crippen LogP contribution in [0.5, 0.6) is 5.75 Å². The number of thioether (sulfide) groups is 1. The third-order valence-electron chi connectivity index (χ3n) is 4.42. The summed E-state index contributed by atoms with van der Waals surface area (Å²) in [5, 5.41) is 17.0. The number of amides is 1. The Labute approximate surface area is 175 Å². The Bertz CT molecular complexity index is 1130. The maximum atomic E-state index is 12.9. The number of tetrazole rings is 1. The maximum Gasteiger partial charge on any atom is 0.269 e. The number of aromatic amines is 1. The molecule has 2 aromatic heterocycles. The number of nitrogens with one attached hydrogen (secondary N) is 2. The summed E-state index contributed by atoms with van der Waals surface area (Å²) in [5.74, 6) is 1.66. The summed E-state index contributed by atoms with van der Waals surface area (Å²) < 4.78 is 6.55. The molecule has 2 N–H and O–H groups in total. The van der Waals surface area contributed by atoms with E-state index in [0.29, 0.717) is 4.88 Å². The third-order valence-corrected chi connectivity index (χ3v) is 6.82. The van der Waals surface area contributed by atoms with Gasteiger partial charge in [0.1, 0.15) is 10.6 Å². The van der Waals surface area contributed by atoms with Gasteiger partial charge in [0.25, 0.3) is 5.91 Å². The number of aromatic nitrogens is 4. The van der Waals surface area contributed by atoms with Gasteiger partial charge in [-0.2, -0.15) is 0 Å². The molecule has 0 atom stereocenters. The molecule has 1 amide bonds. The van der Waals surface area contributed by atoms with E-state index in [4.69, 9.17) is 4.74 Å². The molecule has 2 heterocycles. The van der Waals surface area contributed by atoms with E-state index in [1.165, 1.54) is 16.9 Å². The Hall–Kier alpha value is -2.91. The number of benzene rings is 2. The van der Waals surface area contributed by atoms with Crippen LogP contribution in [-0.2, 0) is 6.42 Å². The minimum Gasteiger partial charge on any atom is -0.496 e. The molecular weight excluding hydrogens is 406 g/mol. The lowest BCUT2D eigenvalue weighted by atomic mass is 10.1. The van der Waals surface area contributed by atoms with Crippen molar-refractivity contribution >= 4 is 45.0 Å². The number of carbonyl (C=O) groups is 1. The molecule has 0 aliphatic heterocycles. The van der Waals surface area contributed by atoms with E-state index in [1.54, 1.807) is 18.9 Å². The Morgan fingerprint density at radius 1 is 1.28 bits per heavy atom. The van der Waals surface area contributed by atoms with Gasteiger partial charge in [-0.05, 0) is 47.0 Å². The average Bonchev–Trinajstić information content (AvgIpc) is 3.36. The van der Waals surface area contributed by atoms with Crippen molar-refractivity contribution in [3.05, 3.63) is 58.5 Å². The number of carbonyl (C=O) groups excluding carboxylic acids is 1.